The summed E-state index contributed by atoms with van der Waals surface area (Å²) in [6.07, 6.45) is 10.2. The number of benzene rings is 1. The molecule has 0 saturated heterocycles. The maximum Gasteiger partial charge on any atom is 0.321 e. The minimum absolute atomic E-state index is 0.240. The van der Waals surface area contributed by atoms with Crippen LogP contribution in [-0.4, -0.2) is 30.5 Å². The van der Waals surface area contributed by atoms with Crippen LogP contribution >= 0.6 is 0 Å². The van der Waals surface area contributed by atoms with E-state index in [9.17, 15) is 5.26 Å². The molecule has 0 aliphatic heterocycles. The highest BCUT2D eigenvalue weighted by Gasteiger charge is 2.28. The molecule has 1 aliphatic carbocycles. The highest BCUT2D eigenvalue weighted by molar-refractivity contribution is 5.95. The molecular formula is C24H23N7O. The summed E-state index contributed by atoms with van der Waals surface area (Å²) in [5.41, 5.74) is 3.27. The summed E-state index contributed by atoms with van der Waals surface area (Å²) in [4.78, 5) is 17.2. The zero-order chi connectivity index (χ0) is 22.1. The highest BCUT2D eigenvalue weighted by Crippen LogP contribution is 2.43. The van der Waals surface area contributed by atoms with Gasteiger partial charge in [-0.2, -0.15) is 5.26 Å². The van der Waals surface area contributed by atoms with Gasteiger partial charge in [0, 0.05) is 53.9 Å². The van der Waals surface area contributed by atoms with Crippen LogP contribution in [0.15, 0.2) is 49.1 Å². The van der Waals surface area contributed by atoms with E-state index in [2.05, 4.69) is 35.9 Å². The van der Waals surface area contributed by atoms with Crippen molar-refractivity contribution >= 4 is 16.9 Å². The summed E-state index contributed by atoms with van der Waals surface area (Å²) < 4.78 is 8.12. The quantitative estimate of drug-likeness (QED) is 0.459. The normalized spacial score (nSPS) is 13.7. The number of aromatic nitrogens is 5. The SMILES string of the molecule is CC(C)Nc1ncc(-c2c(C#N)c3ccc(Oc4ncccn4)cc3n2C2CCC2)cn1. The number of nitrogens with zero attached hydrogens (tertiary/aromatic N) is 6. The average Bonchev–Trinajstić information content (AvgIpc) is 3.07. The van der Waals surface area contributed by atoms with E-state index < -0.39 is 0 Å². The van der Waals surface area contributed by atoms with Gasteiger partial charge in [-0.1, -0.05) is 0 Å². The van der Waals surface area contributed by atoms with E-state index in [1.807, 2.05) is 32.0 Å². The van der Waals surface area contributed by atoms with Crippen LogP contribution in [0.25, 0.3) is 22.2 Å². The van der Waals surface area contributed by atoms with Crippen molar-refractivity contribution in [3.8, 4) is 29.1 Å². The van der Waals surface area contributed by atoms with Crippen molar-refractivity contribution in [1.82, 2.24) is 24.5 Å². The molecule has 0 bridgehead atoms. The highest BCUT2D eigenvalue weighted by atomic mass is 16.5. The van der Waals surface area contributed by atoms with Gasteiger partial charge in [-0.3, -0.25) is 0 Å². The van der Waals surface area contributed by atoms with E-state index in [1.165, 1.54) is 6.42 Å². The van der Waals surface area contributed by atoms with Gasteiger partial charge in [0.15, 0.2) is 0 Å². The molecule has 8 nitrogen and oxygen atoms in total. The minimum Gasteiger partial charge on any atom is -0.424 e. The molecule has 0 unspecified atom stereocenters. The second-order valence-corrected chi connectivity index (χ2v) is 8.20. The third-order valence-electron chi connectivity index (χ3n) is 5.62. The van der Waals surface area contributed by atoms with Crippen molar-refractivity contribution < 1.29 is 4.74 Å². The van der Waals surface area contributed by atoms with Gasteiger partial charge in [0.2, 0.25) is 5.95 Å². The van der Waals surface area contributed by atoms with Crippen molar-refractivity contribution in [2.45, 2.75) is 45.2 Å². The lowest BCUT2D eigenvalue weighted by atomic mass is 9.92. The first-order chi connectivity index (χ1) is 15.6. The maximum atomic E-state index is 10.1. The molecule has 160 valence electrons. The van der Waals surface area contributed by atoms with Gasteiger partial charge in [0.05, 0.1) is 16.8 Å². The fraction of sp³-hybridized carbons (Fsp3) is 0.292. The lowest BCUT2D eigenvalue weighted by molar-refractivity contribution is 0.324. The van der Waals surface area contributed by atoms with E-state index in [0.29, 0.717) is 23.3 Å². The number of hydrogen-bond donors (Lipinski definition) is 1. The number of fused-ring (bicyclic) bond motifs is 1. The molecule has 4 aromatic rings. The van der Waals surface area contributed by atoms with Gasteiger partial charge in [-0.15, -0.1) is 0 Å². The Morgan fingerprint density at radius 1 is 1.12 bits per heavy atom. The Hall–Kier alpha value is -3.99. The molecular weight excluding hydrogens is 402 g/mol. The van der Waals surface area contributed by atoms with Crippen LogP contribution in [0.1, 0.15) is 44.7 Å². The van der Waals surface area contributed by atoms with Crippen LogP contribution in [0.4, 0.5) is 5.95 Å². The standard InChI is InChI=1S/C24H23N7O/c1-15(2)30-23-28-13-16(14-29-23)22-20(12-25)19-8-7-18(32-24-26-9-4-10-27-24)11-21(19)31(22)17-5-3-6-17/h4,7-11,13-15,17H,3,5-6H2,1-2H3,(H,28,29,30). The molecule has 5 rings (SSSR count). The van der Waals surface area contributed by atoms with Crippen molar-refractivity contribution in [3.63, 3.8) is 0 Å². The summed E-state index contributed by atoms with van der Waals surface area (Å²) in [6.45, 7) is 4.08. The molecule has 0 radical (unpaired) electrons. The topological polar surface area (TPSA) is 102 Å². The van der Waals surface area contributed by atoms with E-state index in [0.717, 1.165) is 35.0 Å². The Morgan fingerprint density at radius 2 is 1.88 bits per heavy atom. The second kappa shape index (κ2) is 8.27. The number of anilines is 1. The number of nitriles is 1. The molecule has 32 heavy (non-hydrogen) atoms. The predicted octanol–water partition coefficient (Wildman–Crippen LogP) is 5.10. The third-order valence-corrected chi connectivity index (χ3v) is 5.62. The smallest absolute Gasteiger partial charge is 0.321 e. The molecule has 1 saturated carbocycles. The summed E-state index contributed by atoms with van der Waals surface area (Å²) in [5.74, 6) is 1.21. The van der Waals surface area contributed by atoms with Gasteiger partial charge in [0.25, 0.3) is 0 Å². The zero-order valence-corrected chi connectivity index (χ0v) is 18.0. The van der Waals surface area contributed by atoms with E-state index in [4.69, 9.17) is 4.74 Å². The maximum absolute atomic E-state index is 10.1. The second-order valence-electron chi connectivity index (χ2n) is 8.20. The molecule has 0 spiro atoms. The Balaban J connectivity index is 1.64. The van der Waals surface area contributed by atoms with Crippen LogP contribution in [0.3, 0.4) is 0 Å². The fourth-order valence-electron chi connectivity index (χ4n) is 4.00. The summed E-state index contributed by atoms with van der Waals surface area (Å²) in [6, 6.07) is 10.8. The van der Waals surface area contributed by atoms with Crippen LogP contribution in [0.2, 0.25) is 0 Å². The molecule has 1 fully saturated rings. The molecule has 0 atom stereocenters. The molecule has 3 aromatic heterocycles. The Bertz CT molecular complexity index is 1290. The first-order valence-corrected chi connectivity index (χ1v) is 10.8. The Labute approximate surface area is 185 Å². The van der Waals surface area contributed by atoms with Crippen molar-refractivity contribution in [2.75, 3.05) is 5.32 Å². The first-order valence-electron chi connectivity index (χ1n) is 10.8. The molecule has 8 heteroatoms. The first kappa shape index (κ1) is 19.9. The van der Waals surface area contributed by atoms with Crippen molar-refractivity contribution in [2.24, 2.45) is 0 Å². The van der Waals surface area contributed by atoms with Crippen LogP contribution < -0.4 is 10.1 Å². The van der Waals surface area contributed by atoms with Crippen LogP contribution in [0.5, 0.6) is 11.8 Å². The summed E-state index contributed by atoms with van der Waals surface area (Å²) in [7, 11) is 0. The summed E-state index contributed by atoms with van der Waals surface area (Å²) in [5, 5.41) is 14.2. The Morgan fingerprint density at radius 3 is 2.50 bits per heavy atom. The van der Waals surface area contributed by atoms with E-state index in [-0.39, 0.29) is 12.1 Å². The van der Waals surface area contributed by atoms with Gasteiger partial charge in [-0.25, -0.2) is 19.9 Å². The Kier molecular flexibility index (Phi) is 5.15. The molecule has 1 N–H and O–H groups in total. The largest absolute Gasteiger partial charge is 0.424 e. The van der Waals surface area contributed by atoms with Crippen molar-refractivity contribution in [3.05, 3.63) is 54.6 Å². The van der Waals surface area contributed by atoms with E-state index in [1.54, 1.807) is 30.9 Å². The van der Waals surface area contributed by atoms with Gasteiger partial charge < -0.3 is 14.6 Å². The molecule has 1 aliphatic rings. The number of rotatable bonds is 6. The average molecular weight is 425 g/mol. The van der Waals surface area contributed by atoms with Gasteiger partial charge >= 0.3 is 6.01 Å². The number of ether oxygens (including phenoxy) is 1. The van der Waals surface area contributed by atoms with Crippen LogP contribution in [-0.2, 0) is 0 Å². The van der Waals surface area contributed by atoms with Crippen molar-refractivity contribution in [1.29, 1.82) is 5.26 Å². The zero-order valence-electron chi connectivity index (χ0n) is 18.0. The lowest BCUT2D eigenvalue weighted by Gasteiger charge is -2.30. The minimum atomic E-state index is 0.240. The number of hydrogen-bond acceptors (Lipinski definition) is 7. The summed E-state index contributed by atoms with van der Waals surface area (Å²) >= 11 is 0. The van der Waals surface area contributed by atoms with Crippen LogP contribution in [0, 0.1) is 11.3 Å². The van der Waals surface area contributed by atoms with Gasteiger partial charge in [-0.05, 0) is 51.3 Å². The molecule has 3 heterocycles. The lowest BCUT2D eigenvalue weighted by Crippen LogP contribution is -2.18. The third kappa shape index (κ3) is 3.62. The fourth-order valence-corrected chi connectivity index (χ4v) is 4.00. The van der Waals surface area contributed by atoms with E-state index >= 15 is 0 Å². The monoisotopic (exact) mass is 425 g/mol. The van der Waals surface area contributed by atoms with Gasteiger partial charge in [0.1, 0.15) is 11.8 Å². The predicted molar refractivity (Wildman–Crippen MR) is 121 cm³/mol. The number of nitrogens with one attached hydrogen (secondary N) is 1. The molecule has 1 aromatic carbocycles. The molecule has 0 amide bonds.